The van der Waals surface area contributed by atoms with E-state index in [0.717, 1.165) is 6.92 Å². The minimum atomic E-state index is -1.46. The van der Waals surface area contributed by atoms with Gasteiger partial charge in [0.2, 0.25) is 0 Å². The monoisotopic (exact) mass is 234 g/mol. The number of aliphatic hydroxyl groups excluding tert-OH is 2. The molecule has 1 rings (SSSR count). The fourth-order valence-corrected chi connectivity index (χ4v) is 1.42. The van der Waals surface area contributed by atoms with Crippen LogP contribution in [0.5, 0.6) is 0 Å². The topological polar surface area (TPSA) is 102 Å². The number of hydrogen-bond acceptors (Lipinski definition) is 7. The van der Waals surface area contributed by atoms with Crippen molar-refractivity contribution in [3.8, 4) is 0 Å². The zero-order valence-electron chi connectivity index (χ0n) is 8.95. The highest BCUT2D eigenvalue weighted by atomic mass is 16.7. The van der Waals surface area contributed by atoms with Crippen molar-refractivity contribution in [3.05, 3.63) is 0 Å². The van der Waals surface area contributed by atoms with Gasteiger partial charge in [0.15, 0.2) is 18.5 Å². The van der Waals surface area contributed by atoms with Crippen molar-refractivity contribution in [2.45, 2.75) is 38.4 Å². The molecule has 0 bridgehead atoms. The highest BCUT2D eigenvalue weighted by Gasteiger charge is 2.42. The number of carbonyl (C=O) groups excluding carboxylic acids is 2. The van der Waals surface area contributed by atoms with Gasteiger partial charge in [-0.05, 0) is 0 Å². The molecule has 1 heterocycles. The van der Waals surface area contributed by atoms with Crippen molar-refractivity contribution in [2.24, 2.45) is 0 Å². The molecule has 1 aliphatic heterocycles. The number of hydrogen-bond donors (Lipinski definition) is 2. The summed E-state index contributed by atoms with van der Waals surface area (Å²) in [6.07, 6.45) is -4.94. The van der Waals surface area contributed by atoms with E-state index in [0.29, 0.717) is 0 Å². The van der Waals surface area contributed by atoms with Gasteiger partial charge in [0.25, 0.3) is 0 Å². The van der Waals surface area contributed by atoms with Gasteiger partial charge >= 0.3 is 11.9 Å². The molecule has 92 valence electrons. The molecule has 1 aliphatic rings. The normalized spacial score (nSPS) is 34.2. The van der Waals surface area contributed by atoms with Crippen molar-refractivity contribution in [1.82, 2.24) is 0 Å². The summed E-state index contributed by atoms with van der Waals surface area (Å²) >= 11 is 0. The van der Waals surface area contributed by atoms with E-state index in [-0.39, 0.29) is 6.61 Å². The van der Waals surface area contributed by atoms with E-state index in [9.17, 15) is 19.8 Å². The van der Waals surface area contributed by atoms with Gasteiger partial charge in [0.1, 0.15) is 6.10 Å². The third-order valence-corrected chi connectivity index (χ3v) is 2.05. The quantitative estimate of drug-likeness (QED) is 0.564. The molecule has 0 aromatic heterocycles. The maximum absolute atomic E-state index is 10.8. The lowest BCUT2D eigenvalue weighted by Gasteiger charge is -2.36. The number of ether oxygens (including phenoxy) is 3. The maximum atomic E-state index is 10.8. The van der Waals surface area contributed by atoms with Crippen LogP contribution in [0, 0.1) is 0 Å². The van der Waals surface area contributed by atoms with Crippen molar-refractivity contribution < 1.29 is 34.0 Å². The van der Waals surface area contributed by atoms with E-state index in [1.54, 1.807) is 0 Å². The Morgan fingerprint density at radius 3 is 2.25 bits per heavy atom. The third-order valence-electron chi connectivity index (χ3n) is 2.05. The standard InChI is InChI=1S/C9H14O7/c1-4(10)15-6-3-14-9(13)7(12)8(6)16-5(2)11/h6-9,12-13H,3H2,1-2H3/t6-,7+,8+,9-/m0/s1. The van der Waals surface area contributed by atoms with Gasteiger partial charge in [-0.25, -0.2) is 0 Å². The van der Waals surface area contributed by atoms with E-state index in [4.69, 9.17) is 14.2 Å². The first kappa shape index (κ1) is 12.9. The van der Waals surface area contributed by atoms with Crippen LogP contribution >= 0.6 is 0 Å². The lowest BCUT2D eigenvalue weighted by molar-refractivity contribution is -0.261. The van der Waals surface area contributed by atoms with Crippen LogP contribution in [0.15, 0.2) is 0 Å². The number of aliphatic hydroxyl groups is 2. The first-order chi connectivity index (χ1) is 7.41. The van der Waals surface area contributed by atoms with Crippen molar-refractivity contribution >= 4 is 11.9 Å². The second kappa shape index (κ2) is 5.24. The molecular weight excluding hydrogens is 220 g/mol. The number of carbonyl (C=O) groups is 2. The van der Waals surface area contributed by atoms with E-state index >= 15 is 0 Å². The van der Waals surface area contributed by atoms with Crippen LogP contribution in [0.25, 0.3) is 0 Å². The van der Waals surface area contributed by atoms with Gasteiger partial charge in [-0.2, -0.15) is 0 Å². The fourth-order valence-electron chi connectivity index (χ4n) is 1.42. The third kappa shape index (κ3) is 3.16. The second-order valence-corrected chi connectivity index (χ2v) is 3.44. The van der Waals surface area contributed by atoms with Crippen LogP contribution in [0.4, 0.5) is 0 Å². The van der Waals surface area contributed by atoms with Gasteiger partial charge < -0.3 is 24.4 Å². The van der Waals surface area contributed by atoms with Crippen molar-refractivity contribution in [3.63, 3.8) is 0 Å². The van der Waals surface area contributed by atoms with Crippen LogP contribution in [0.1, 0.15) is 13.8 Å². The first-order valence-corrected chi connectivity index (χ1v) is 4.74. The summed E-state index contributed by atoms with van der Waals surface area (Å²) in [4.78, 5) is 21.6. The molecule has 4 atom stereocenters. The molecule has 0 aliphatic carbocycles. The predicted octanol–water partition coefficient (Wildman–Crippen LogP) is -1.44. The Kier molecular flexibility index (Phi) is 4.22. The minimum absolute atomic E-state index is 0.143. The van der Waals surface area contributed by atoms with E-state index < -0.39 is 36.5 Å². The highest BCUT2D eigenvalue weighted by molar-refractivity contribution is 5.67. The predicted molar refractivity (Wildman–Crippen MR) is 49.1 cm³/mol. The Morgan fingerprint density at radius 1 is 1.19 bits per heavy atom. The zero-order chi connectivity index (χ0) is 12.3. The summed E-state index contributed by atoms with van der Waals surface area (Å²) in [6.45, 7) is 2.19. The summed E-state index contributed by atoms with van der Waals surface area (Å²) < 4.78 is 14.3. The van der Waals surface area contributed by atoms with E-state index in [1.807, 2.05) is 0 Å². The molecule has 2 N–H and O–H groups in total. The lowest BCUT2D eigenvalue weighted by atomic mass is 10.1. The molecule has 0 aromatic carbocycles. The zero-order valence-corrected chi connectivity index (χ0v) is 8.95. The molecule has 0 saturated carbocycles. The minimum Gasteiger partial charge on any atom is -0.456 e. The number of esters is 2. The summed E-state index contributed by atoms with van der Waals surface area (Å²) in [6, 6.07) is 0. The van der Waals surface area contributed by atoms with Gasteiger partial charge in [0.05, 0.1) is 6.61 Å². The molecule has 7 heteroatoms. The Hall–Kier alpha value is -1.18. The summed E-state index contributed by atoms with van der Waals surface area (Å²) in [5, 5.41) is 18.7. The molecule has 0 unspecified atom stereocenters. The average molecular weight is 234 g/mol. The van der Waals surface area contributed by atoms with Crippen LogP contribution in [-0.2, 0) is 23.8 Å². The van der Waals surface area contributed by atoms with Crippen molar-refractivity contribution in [1.29, 1.82) is 0 Å². The Labute approximate surface area is 91.9 Å². The lowest BCUT2D eigenvalue weighted by Crippen LogP contribution is -2.55. The Morgan fingerprint density at radius 2 is 1.75 bits per heavy atom. The van der Waals surface area contributed by atoms with E-state index in [2.05, 4.69) is 0 Å². The summed E-state index contributed by atoms with van der Waals surface area (Å²) in [5.41, 5.74) is 0. The van der Waals surface area contributed by atoms with Crippen LogP contribution in [0.2, 0.25) is 0 Å². The molecule has 0 aromatic rings. The first-order valence-electron chi connectivity index (χ1n) is 4.74. The Balaban J connectivity index is 2.72. The van der Waals surface area contributed by atoms with Gasteiger partial charge in [-0.1, -0.05) is 0 Å². The molecule has 1 fully saturated rings. The van der Waals surface area contributed by atoms with Gasteiger partial charge in [0, 0.05) is 13.8 Å². The molecule has 0 amide bonds. The number of rotatable bonds is 2. The summed E-state index contributed by atoms with van der Waals surface area (Å²) in [7, 11) is 0. The second-order valence-electron chi connectivity index (χ2n) is 3.44. The SMILES string of the molecule is CC(=O)O[C@H]1[C@@H](O)[C@@H](O)OC[C@@H]1OC(C)=O. The van der Waals surface area contributed by atoms with Crippen LogP contribution < -0.4 is 0 Å². The smallest absolute Gasteiger partial charge is 0.303 e. The molecule has 0 spiro atoms. The van der Waals surface area contributed by atoms with Crippen molar-refractivity contribution in [2.75, 3.05) is 6.61 Å². The van der Waals surface area contributed by atoms with Gasteiger partial charge in [-0.3, -0.25) is 9.59 Å². The average Bonchev–Trinajstić information content (AvgIpc) is 2.16. The Bertz CT molecular complexity index is 277. The van der Waals surface area contributed by atoms with Gasteiger partial charge in [-0.15, -0.1) is 0 Å². The van der Waals surface area contributed by atoms with E-state index in [1.165, 1.54) is 6.92 Å². The molecule has 16 heavy (non-hydrogen) atoms. The molecule has 0 radical (unpaired) electrons. The van der Waals surface area contributed by atoms with Crippen LogP contribution in [-0.4, -0.2) is 53.4 Å². The molecule has 1 saturated heterocycles. The molecular formula is C9H14O7. The highest BCUT2D eigenvalue weighted by Crippen LogP contribution is 2.19. The molecule has 7 nitrogen and oxygen atoms in total. The summed E-state index contributed by atoms with van der Waals surface area (Å²) in [5.74, 6) is -1.23. The van der Waals surface area contributed by atoms with Crippen LogP contribution in [0.3, 0.4) is 0 Å². The largest absolute Gasteiger partial charge is 0.456 e. The fraction of sp³-hybridized carbons (Fsp3) is 0.778. The maximum Gasteiger partial charge on any atom is 0.303 e.